The first kappa shape index (κ1) is 22.8. The first-order valence-corrected chi connectivity index (χ1v) is 11.5. The SMILES string of the molecule is CCOc1ccccc1OC1CCN(c2ccc(-n3ncc(Cl)c(Cl)c3=O)cc2Cl)CC1. The Labute approximate surface area is 201 Å². The third kappa shape index (κ3) is 4.82. The summed E-state index contributed by atoms with van der Waals surface area (Å²) in [5.74, 6) is 1.54. The highest BCUT2D eigenvalue weighted by atomic mass is 35.5. The highest BCUT2D eigenvalue weighted by Crippen LogP contribution is 2.33. The van der Waals surface area contributed by atoms with Gasteiger partial charge in [0.2, 0.25) is 0 Å². The van der Waals surface area contributed by atoms with Crippen molar-refractivity contribution in [2.75, 3.05) is 24.6 Å². The van der Waals surface area contributed by atoms with E-state index in [1.807, 2.05) is 37.3 Å². The second kappa shape index (κ2) is 10.0. The van der Waals surface area contributed by atoms with Crippen molar-refractivity contribution in [3.63, 3.8) is 0 Å². The van der Waals surface area contributed by atoms with Gasteiger partial charge in [0.25, 0.3) is 5.56 Å². The summed E-state index contributed by atoms with van der Waals surface area (Å²) in [6.45, 7) is 4.15. The highest BCUT2D eigenvalue weighted by Gasteiger charge is 2.23. The average Bonchev–Trinajstić information content (AvgIpc) is 2.80. The summed E-state index contributed by atoms with van der Waals surface area (Å²) in [6, 6.07) is 13.1. The average molecular weight is 495 g/mol. The number of para-hydroxylation sites is 2. The second-order valence-corrected chi connectivity index (χ2v) is 8.54. The molecule has 0 unspecified atom stereocenters. The number of halogens is 3. The van der Waals surface area contributed by atoms with Crippen LogP contribution in [0.2, 0.25) is 15.1 Å². The number of aromatic nitrogens is 2. The van der Waals surface area contributed by atoms with Crippen LogP contribution in [0.3, 0.4) is 0 Å². The van der Waals surface area contributed by atoms with Crippen LogP contribution in [0.25, 0.3) is 5.69 Å². The van der Waals surface area contributed by atoms with Gasteiger partial charge in [-0.15, -0.1) is 0 Å². The molecule has 0 atom stereocenters. The molecule has 1 aliphatic heterocycles. The third-order valence-corrected chi connectivity index (χ3v) is 6.33. The van der Waals surface area contributed by atoms with E-state index in [4.69, 9.17) is 44.3 Å². The molecule has 2 heterocycles. The maximum atomic E-state index is 12.3. The number of piperidine rings is 1. The number of ether oxygens (including phenoxy) is 2. The van der Waals surface area contributed by atoms with Crippen LogP contribution in [0.15, 0.2) is 53.5 Å². The Morgan fingerprint density at radius 3 is 2.44 bits per heavy atom. The number of rotatable bonds is 6. The lowest BCUT2D eigenvalue weighted by molar-refractivity contribution is 0.162. The van der Waals surface area contributed by atoms with Gasteiger partial charge in [-0.25, -0.2) is 0 Å². The summed E-state index contributed by atoms with van der Waals surface area (Å²) in [5.41, 5.74) is 0.929. The minimum Gasteiger partial charge on any atom is -0.490 e. The van der Waals surface area contributed by atoms with Gasteiger partial charge in [0.15, 0.2) is 11.5 Å². The van der Waals surface area contributed by atoms with Crippen molar-refractivity contribution < 1.29 is 9.47 Å². The van der Waals surface area contributed by atoms with Gasteiger partial charge in [-0.1, -0.05) is 46.9 Å². The lowest BCUT2D eigenvalue weighted by atomic mass is 10.1. The van der Waals surface area contributed by atoms with E-state index in [0.29, 0.717) is 17.3 Å². The molecule has 0 amide bonds. The molecule has 32 heavy (non-hydrogen) atoms. The van der Waals surface area contributed by atoms with Crippen LogP contribution in [-0.2, 0) is 0 Å². The molecular formula is C23H22Cl3N3O3. The van der Waals surface area contributed by atoms with Crippen molar-refractivity contribution in [2.24, 2.45) is 0 Å². The first-order valence-electron chi connectivity index (χ1n) is 10.3. The van der Waals surface area contributed by atoms with Crippen LogP contribution < -0.4 is 19.9 Å². The van der Waals surface area contributed by atoms with E-state index in [9.17, 15) is 4.79 Å². The molecule has 1 aromatic heterocycles. The predicted molar refractivity (Wildman–Crippen MR) is 128 cm³/mol. The van der Waals surface area contributed by atoms with Gasteiger partial charge in [-0.2, -0.15) is 9.78 Å². The van der Waals surface area contributed by atoms with Gasteiger partial charge in [-0.3, -0.25) is 4.79 Å². The number of hydrogen-bond donors (Lipinski definition) is 0. The Hall–Kier alpha value is -2.41. The fraction of sp³-hybridized carbons (Fsp3) is 0.304. The van der Waals surface area contributed by atoms with E-state index < -0.39 is 5.56 Å². The Morgan fingerprint density at radius 2 is 1.75 bits per heavy atom. The lowest BCUT2D eigenvalue weighted by Crippen LogP contribution is -2.38. The van der Waals surface area contributed by atoms with E-state index in [1.165, 1.54) is 10.9 Å². The van der Waals surface area contributed by atoms with Crippen LogP contribution in [0.4, 0.5) is 5.69 Å². The summed E-state index contributed by atoms with van der Waals surface area (Å²) >= 11 is 18.4. The molecule has 4 rings (SSSR count). The van der Waals surface area contributed by atoms with Crippen molar-refractivity contribution in [2.45, 2.75) is 25.9 Å². The molecule has 0 saturated carbocycles. The van der Waals surface area contributed by atoms with Crippen molar-refractivity contribution >= 4 is 40.5 Å². The first-order chi connectivity index (χ1) is 15.5. The minimum absolute atomic E-state index is 0.0742. The zero-order valence-electron chi connectivity index (χ0n) is 17.4. The molecule has 0 radical (unpaired) electrons. The normalized spacial score (nSPS) is 14.4. The topological polar surface area (TPSA) is 56.6 Å². The molecule has 1 aliphatic rings. The van der Waals surface area contributed by atoms with E-state index in [-0.39, 0.29) is 16.1 Å². The van der Waals surface area contributed by atoms with E-state index >= 15 is 0 Å². The summed E-state index contributed by atoms with van der Waals surface area (Å²) in [6.07, 6.45) is 3.14. The molecule has 9 heteroatoms. The Bertz CT molecular complexity index is 1160. The van der Waals surface area contributed by atoms with Crippen molar-refractivity contribution in [1.82, 2.24) is 9.78 Å². The van der Waals surface area contributed by atoms with Crippen LogP contribution >= 0.6 is 34.8 Å². The minimum atomic E-state index is -0.492. The van der Waals surface area contributed by atoms with Gasteiger partial charge in [-0.05, 0) is 37.3 Å². The van der Waals surface area contributed by atoms with Crippen molar-refractivity contribution in [3.8, 4) is 17.2 Å². The zero-order valence-corrected chi connectivity index (χ0v) is 19.7. The summed E-state index contributed by atoms with van der Waals surface area (Å²) in [4.78, 5) is 14.6. The van der Waals surface area contributed by atoms with E-state index in [1.54, 1.807) is 12.1 Å². The molecule has 0 N–H and O–H groups in total. The molecule has 1 fully saturated rings. The molecular weight excluding hydrogens is 473 g/mol. The van der Waals surface area contributed by atoms with Gasteiger partial charge in [0, 0.05) is 25.9 Å². The maximum absolute atomic E-state index is 12.3. The lowest BCUT2D eigenvalue weighted by Gasteiger charge is -2.34. The quantitative estimate of drug-likeness (QED) is 0.444. The number of anilines is 1. The largest absolute Gasteiger partial charge is 0.490 e. The molecule has 168 valence electrons. The molecule has 1 saturated heterocycles. The smallest absolute Gasteiger partial charge is 0.291 e. The number of benzene rings is 2. The Morgan fingerprint density at radius 1 is 1.03 bits per heavy atom. The molecule has 3 aromatic rings. The van der Waals surface area contributed by atoms with E-state index in [2.05, 4.69) is 10.00 Å². The third-order valence-electron chi connectivity index (χ3n) is 5.28. The Kier molecular flexibility index (Phi) is 7.13. The molecule has 0 spiro atoms. The van der Waals surface area contributed by atoms with Gasteiger partial charge in [0.05, 0.1) is 34.2 Å². The zero-order chi connectivity index (χ0) is 22.7. The van der Waals surface area contributed by atoms with Crippen LogP contribution in [0.5, 0.6) is 11.5 Å². The maximum Gasteiger partial charge on any atom is 0.291 e. The molecule has 6 nitrogen and oxygen atoms in total. The van der Waals surface area contributed by atoms with Crippen LogP contribution in [0, 0.1) is 0 Å². The monoisotopic (exact) mass is 493 g/mol. The van der Waals surface area contributed by atoms with Gasteiger partial charge >= 0.3 is 0 Å². The van der Waals surface area contributed by atoms with Crippen LogP contribution in [0.1, 0.15) is 19.8 Å². The number of hydrogen-bond acceptors (Lipinski definition) is 5. The van der Waals surface area contributed by atoms with Crippen molar-refractivity contribution in [3.05, 3.63) is 74.1 Å². The molecule has 0 bridgehead atoms. The summed E-state index contributed by atoms with van der Waals surface area (Å²) in [7, 11) is 0. The van der Waals surface area contributed by atoms with Crippen LogP contribution in [-0.4, -0.2) is 35.6 Å². The molecule has 2 aromatic carbocycles. The van der Waals surface area contributed by atoms with Gasteiger partial charge < -0.3 is 14.4 Å². The van der Waals surface area contributed by atoms with Gasteiger partial charge in [0.1, 0.15) is 11.1 Å². The number of nitrogens with zero attached hydrogens (tertiary/aromatic N) is 3. The second-order valence-electron chi connectivity index (χ2n) is 7.34. The highest BCUT2D eigenvalue weighted by molar-refractivity contribution is 6.41. The predicted octanol–water partition coefficient (Wildman–Crippen LogP) is 5.64. The fourth-order valence-corrected chi connectivity index (χ4v) is 4.24. The Balaban J connectivity index is 1.44. The molecule has 0 aliphatic carbocycles. The van der Waals surface area contributed by atoms with E-state index in [0.717, 1.165) is 43.1 Å². The van der Waals surface area contributed by atoms with Crippen molar-refractivity contribution in [1.29, 1.82) is 0 Å². The summed E-state index contributed by atoms with van der Waals surface area (Å²) in [5, 5.41) is 4.62. The fourth-order valence-electron chi connectivity index (χ4n) is 3.70. The summed E-state index contributed by atoms with van der Waals surface area (Å²) < 4.78 is 13.0. The standard InChI is InChI=1S/C23H22Cl3N3O3/c1-2-31-20-5-3-4-6-21(20)32-16-9-11-28(12-10-16)19-8-7-15(13-17(19)24)29-23(30)22(26)18(25)14-27-29/h3-8,13-14,16H,2,9-12H2,1H3.